The van der Waals surface area contributed by atoms with Crippen molar-refractivity contribution in [2.75, 3.05) is 11.9 Å². The van der Waals surface area contributed by atoms with Crippen molar-refractivity contribution < 1.29 is 15.6 Å². The van der Waals surface area contributed by atoms with E-state index >= 15 is 0 Å². The second-order valence-corrected chi connectivity index (χ2v) is 6.92. The number of hydrogen-bond donors (Lipinski definition) is 1. The standard InChI is InChI=1S/C19H21N3O4/c1-11-9-22(17-14-12(2)19(3,26-17)10-25-14)18(24)21-15(11)20-16(23)13-7-5-4-6-8-13/h4-9,12,14,17H,10H2,1-3H3,(H,20,21,23,24)/t12-,14+,17+,19-/m0/s1/i3D. The average molecular weight is 356 g/mol. The summed E-state index contributed by atoms with van der Waals surface area (Å²) in [5.74, 6) is -0.0910. The summed E-state index contributed by atoms with van der Waals surface area (Å²) in [5.41, 5.74) is -0.0859. The van der Waals surface area contributed by atoms with Gasteiger partial charge in [0.15, 0.2) is 6.23 Å². The SMILES string of the molecule is [2H]C[C@@]12CO[C@@H]([C@H](n3cc(C)c(NC(=O)c4ccccc4)nc3=O)O1)[C@@H]2C. The van der Waals surface area contributed by atoms with Crippen molar-refractivity contribution in [1.82, 2.24) is 9.55 Å². The Labute approximate surface area is 152 Å². The highest BCUT2D eigenvalue weighted by molar-refractivity contribution is 6.03. The Kier molecular flexibility index (Phi) is 3.65. The molecule has 0 unspecified atom stereocenters. The van der Waals surface area contributed by atoms with E-state index in [1.165, 1.54) is 4.57 Å². The van der Waals surface area contributed by atoms with Gasteiger partial charge in [-0.2, -0.15) is 4.98 Å². The van der Waals surface area contributed by atoms with Crippen molar-refractivity contribution >= 4 is 11.7 Å². The van der Waals surface area contributed by atoms with Crippen LogP contribution in [0.1, 0.15) is 37.3 Å². The molecule has 2 saturated heterocycles. The molecular formula is C19H21N3O4. The van der Waals surface area contributed by atoms with Crippen molar-refractivity contribution in [3.05, 3.63) is 58.1 Å². The monoisotopic (exact) mass is 356 g/mol. The summed E-state index contributed by atoms with van der Waals surface area (Å²) in [6.45, 7) is 4.19. The van der Waals surface area contributed by atoms with Crippen molar-refractivity contribution in [3.8, 4) is 0 Å². The molecule has 2 fully saturated rings. The minimum absolute atomic E-state index is 0.0182. The van der Waals surface area contributed by atoms with Crippen LogP contribution in [0.25, 0.3) is 0 Å². The highest BCUT2D eigenvalue weighted by Gasteiger charge is 2.57. The molecule has 1 amide bonds. The molecule has 0 spiro atoms. The molecule has 4 atom stereocenters. The highest BCUT2D eigenvalue weighted by atomic mass is 16.6. The number of aryl methyl sites for hydroxylation is 1. The zero-order valence-electron chi connectivity index (χ0n) is 15.6. The van der Waals surface area contributed by atoms with Crippen LogP contribution in [0.3, 0.4) is 0 Å². The third-order valence-electron chi connectivity index (χ3n) is 5.16. The molecule has 0 radical (unpaired) electrons. The minimum Gasteiger partial charge on any atom is -0.370 e. The van der Waals surface area contributed by atoms with Crippen LogP contribution in [0, 0.1) is 12.8 Å². The van der Waals surface area contributed by atoms with Crippen LogP contribution in [0.2, 0.25) is 0 Å². The van der Waals surface area contributed by atoms with Crippen LogP contribution in [-0.2, 0) is 9.47 Å². The lowest BCUT2D eigenvalue weighted by Gasteiger charge is -2.29. The van der Waals surface area contributed by atoms with Crippen molar-refractivity contribution in [3.63, 3.8) is 0 Å². The fourth-order valence-electron chi connectivity index (χ4n) is 3.45. The average Bonchev–Trinajstić information content (AvgIpc) is 3.15. The van der Waals surface area contributed by atoms with Crippen LogP contribution >= 0.6 is 0 Å². The molecule has 0 saturated carbocycles. The van der Waals surface area contributed by atoms with E-state index in [2.05, 4.69) is 10.3 Å². The molecule has 3 heterocycles. The number of fused-ring (bicyclic) bond motifs is 2. The van der Waals surface area contributed by atoms with Crippen molar-refractivity contribution in [2.45, 2.75) is 38.7 Å². The van der Waals surface area contributed by atoms with E-state index in [0.717, 1.165) is 0 Å². The summed E-state index contributed by atoms with van der Waals surface area (Å²) < 4.78 is 21.0. The van der Waals surface area contributed by atoms with E-state index in [1.54, 1.807) is 37.4 Å². The quantitative estimate of drug-likeness (QED) is 0.911. The van der Waals surface area contributed by atoms with Crippen LogP contribution in [0.5, 0.6) is 0 Å². The van der Waals surface area contributed by atoms with Gasteiger partial charge in [-0.3, -0.25) is 9.36 Å². The number of nitrogens with one attached hydrogen (secondary N) is 1. The number of hydrogen-bond acceptors (Lipinski definition) is 5. The predicted octanol–water partition coefficient (Wildman–Crippen LogP) is 2.13. The summed E-state index contributed by atoms with van der Waals surface area (Å²) in [4.78, 5) is 28.9. The summed E-state index contributed by atoms with van der Waals surface area (Å²) in [6, 6.07) is 8.73. The Balaban J connectivity index is 1.60. The lowest BCUT2D eigenvalue weighted by atomic mass is 9.93. The summed E-state index contributed by atoms with van der Waals surface area (Å²) in [7, 11) is 0. The highest BCUT2D eigenvalue weighted by Crippen LogP contribution is 2.48. The molecule has 2 bridgehead atoms. The molecule has 1 aromatic carbocycles. The fraction of sp³-hybridized carbons (Fsp3) is 0.421. The molecule has 2 aliphatic heterocycles. The van der Waals surface area contributed by atoms with Crippen molar-refractivity contribution in [2.24, 2.45) is 5.92 Å². The molecule has 7 heteroatoms. The zero-order valence-corrected chi connectivity index (χ0v) is 14.6. The van der Waals surface area contributed by atoms with Gasteiger partial charge in [0.2, 0.25) is 0 Å². The van der Waals surface area contributed by atoms with E-state index in [-0.39, 0.29) is 30.6 Å². The molecule has 2 aromatic rings. The lowest BCUT2D eigenvalue weighted by Crippen LogP contribution is -2.38. The maximum Gasteiger partial charge on any atom is 0.351 e. The maximum atomic E-state index is 12.6. The lowest BCUT2D eigenvalue weighted by molar-refractivity contribution is -0.166. The first-order valence-electron chi connectivity index (χ1n) is 9.21. The van der Waals surface area contributed by atoms with E-state index in [1.807, 2.05) is 13.0 Å². The Morgan fingerprint density at radius 2 is 2.19 bits per heavy atom. The van der Waals surface area contributed by atoms with Gasteiger partial charge in [0.1, 0.15) is 11.9 Å². The summed E-state index contributed by atoms with van der Waals surface area (Å²) >= 11 is 0. The molecule has 1 aromatic heterocycles. The Morgan fingerprint density at radius 3 is 2.88 bits per heavy atom. The summed E-state index contributed by atoms with van der Waals surface area (Å²) in [6.07, 6.45) is 0.713. The van der Waals surface area contributed by atoms with E-state index in [0.29, 0.717) is 17.7 Å². The summed E-state index contributed by atoms with van der Waals surface area (Å²) in [5, 5.41) is 2.68. The fourth-order valence-corrected chi connectivity index (χ4v) is 3.45. The third-order valence-corrected chi connectivity index (χ3v) is 5.16. The van der Waals surface area contributed by atoms with Gasteiger partial charge in [0.05, 0.1) is 12.2 Å². The largest absolute Gasteiger partial charge is 0.370 e. The van der Waals surface area contributed by atoms with Crippen molar-refractivity contribution in [1.29, 1.82) is 0 Å². The molecule has 136 valence electrons. The number of amides is 1. The zero-order chi connectivity index (χ0) is 19.2. The van der Waals surface area contributed by atoms with Gasteiger partial charge in [-0.15, -0.1) is 0 Å². The van der Waals surface area contributed by atoms with Gasteiger partial charge < -0.3 is 14.8 Å². The Hall–Kier alpha value is -2.51. The van der Waals surface area contributed by atoms with Gasteiger partial charge in [0, 0.05) is 24.6 Å². The number of aromatic nitrogens is 2. The van der Waals surface area contributed by atoms with E-state index in [4.69, 9.17) is 10.8 Å². The number of ether oxygens (including phenoxy) is 2. The second kappa shape index (κ2) is 6.03. The Morgan fingerprint density at radius 1 is 1.42 bits per heavy atom. The smallest absolute Gasteiger partial charge is 0.351 e. The van der Waals surface area contributed by atoms with Crippen LogP contribution in [0.15, 0.2) is 41.3 Å². The van der Waals surface area contributed by atoms with Crippen LogP contribution in [0.4, 0.5) is 5.82 Å². The topological polar surface area (TPSA) is 82.5 Å². The number of carbonyl (C=O) groups is 1. The number of anilines is 1. The van der Waals surface area contributed by atoms with Gasteiger partial charge in [-0.1, -0.05) is 25.1 Å². The molecule has 4 rings (SSSR count). The minimum atomic E-state index is -0.678. The Bertz CT molecular complexity index is 932. The van der Waals surface area contributed by atoms with Crippen LogP contribution in [-0.4, -0.2) is 33.8 Å². The third kappa shape index (κ3) is 2.64. The van der Waals surface area contributed by atoms with Crippen LogP contribution < -0.4 is 11.0 Å². The first-order chi connectivity index (χ1) is 12.9. The van der Waals surface area contributed by atoms with Gasteiger partial charge in [-0.25, -0.2) is 4.79 Å². The van der Waals surface area contributed by atoms with E-state index in [9.17, 15) is 9.59 Å². The first-order valence-corrected chi connectivity index (χ1v) is 8.50. The van der Waals surface area contributed by atoms with Gasteiger partial charge in [0.25, 0.3) is 5.91 Å². The maximum absolute atomic E-state index is 12.6. The van der Waals surface area contributed by atoms with Gasteiger partial charge in [-0.05, 0) is 26.0 Å². The number of rotatable bonds is 3. The van der Waals surface area contributed by atoms with Gasteiger partial charge >= 0.3 is 5.69 Å². The molecule has 7 nitrogen and oxygen atoms in total. The van der Waals surface area contributed by atoms with E-state index < -0.39 is 17.5 Å². The normalized spacial score (nSPS) is 30.2. The number of carbonyl (C=O) groups excluding carboxylic acids is 1. The first kappa shape index (κ1) is 15.7. The molecule has 1 N–H and O–H groups in total. The number of benzene rings is 1. The molecule has 0 aliphatic carbocycles. The molecule has 26 heavy (non-hydrogen) atoms. The second-order valence-electron chi connectivity index (χ2n) is 6.92. The number of nitrogens with zero attached hydrogens (tertiary/aromatic N) is 2. The predicted molar refractivity (Wildman–Crippen MR) is 95.1 cm³/mol. The molecular weight excluding hydrogens is 334 g/mol. The molecule has 2 aliphatic rings.